The molecule has 0 atom stereocenters. The van der Waals surface area contributed by atoms with Gasteiger partial charge in [0, 0.05) is 30.3 Å². The smallest absolute Gasteiger partial charge is 0.278 e. The molecule has 0 spiro atoms. The van der Waals surface area contributed by atoms with Gasteiger partial charge in [0.05, 0.1) is 18.8 Å². The van der Waals surface area contributed by atoms with Crippen LogP contribution in [0.15, 0.2) is 53.1 Å². The number of aromatic nitrogens is 1. The van der Waals surface area contributed by atoms with E-state index < -0.39 is 0 Å². The van der Waals surface area contributed by atoms with Crippen molar-refractivity contribution in [1.29, 1.82) is 0 Å². The van der Waals surface area contributed by atoms with Gasteiger partial charge >= 0.3 is 0 Å². The number of halogens is 1. The maximum absolute atomic E-state index is 12.9. The maximum Gasteiger partial charge on any atom is 0.278 e. The first-order valence-electron chi connectivity index (χ1n) is 10.1. The van der Waals surface area contributed by atoms with Gasteiger partial charge in [0.1, 0.15) is 18.1 Å². The highest BCUT2D eigenvalue weighted by Crippen LogP contribution is 2.21. The Morgan fingerprint density at radius 3 is 2.74 bits per heavy atom. The van der Waals surface area contributed by atoms with E-state index >= 15 is 0 Å². The monoisotopic (exact) mass is 441 g/mol. The first-order chi connectivity index (χ1) is 15.1. The number of carbonyl (C=O) groups is 1. The van der Waals surface area contributed by atoms with Crippen LogP contribution in [0.1, 0.15) is 27.4 Å². The molecule has 0 aliphatic carbocycles. The lowest BCUT2D eigenvalue weighted by molar-refractivity contribution is 0.0342. The average molecular weight is 442 g/mol. The number of benzene rings is 2. The quantitative estimate of drug-likeness (QED) is 0.589. The Bertz CT molecular complexity index is 1030. The summed E-state index contributed by atoms with van der Waals surface area (Å²) in [6, 6.07) is 14.8. The number of amides is 1. The first kappa shape index (κ1) is 21.4. The third-order valence-electron chi connectivity index (χ3n) is 5.09. The minimum atomic E-state index is -0.338. The van der Waals surface area contributed by atoms with E-state index in [2.05, 4.69) is 21.4 Å². The second-order valence-electron chi connectivity index (χ2n) is 7.35. The summed E-state index contributed by atoms with van der Waals surface area (Å²) in [4.78, 5) is 15.2. The first-order valence-corrected chi connectivity index (χ1v) is 10.5. The van der Waals surface area contributed by atoms with E-state index in [0.29, 0.717) is 27.8 Å². The van der Waals surface area contributed by atoms with Crippen molar-refractivity contribution in [2.45, 2.75) is 20.1 Å². The summed E-state index contributed by atoms with van der Waals surface area (Å²) in [7, 11) is 0. The van der Waals surface area contributed by atoms with Crippen molar-refractivity contribution in [2.75, 3.05) is 31.6 Å². The standard InChI is InChI=1S/C23H24ClN3O4/c1-16-21(15-30-20-7-5-18(24)6-8-20)22(26-31-16)23(28)25-19-4-2-3-17(13-19)14-27-9-11-29-12-10-27/h2-8,13H,9-12,14-15H2,1H3,(H,25,28). The number of ether oxygens (including phenoxy) is 2. The van der Waals surface area contributed by atoms with Crippen molar-refractivity contribution in [2.24, 2.45) is 0 Å². The number of anilines is 1. The van der Waals surface area contributed by atoms with Crippen LogP contribution in [0.3, 0.4) is 0 Å². The van der Waals surface area contributed by atoms with Crippen LogP contribution in [0.5, 0.6) is 5.75 Å². The van der Waals surface area contributed by atoms with Gasteiger partial charge in [0.2, 0.25) is 0 Å². The van der Waals surface area contributed by atoms with Gasteiger partial charge in [0.15, 0.2) is 5.69 Å². The summed E-state index contributed by atoms with van der Waals surface area (Å²) in [5.41, 5.74) is 2.66. The van der Waals surface area contributed by atoms with Gasteiger partial charge < -0.3 is 19.3 Å². The Kier molecular flexibility index (Phi) is 6.86. The zero-order valence-electron chi connectivity index (χ0n) is 17.3. The molecule has 162 valence electrons. The Hall–Kier alpha value is -2.87. The lowest BCUT2D eigenvalue weighted by atomic mass is 10.1. The van der Waals surface area contributed by atoms with Crippen LogP contribution >= 0.6 is 11.6 Å². The van der Waals surface area contributed by atoms with Crippen LogP contribution in [-0.4, -0.2) is 42.3 Å². The van der Waals surface area contributed by atoms with Crippen LogP contribution < -0.4 is 10.1 Å². The highest BCUT2D eigenvalue weighted by atomic mass is 35.5. The minimum absolute atomic E-state index is 0.163. The van der Waals surface area contributed by atoms with E-state index in [4.69, 9.17) is 25.6 Å². The molecule has 0 radical (unpaired) electrons. The van der Waals surface area contributed by atoms with Crippen molar-refractivity contribution < 1.29 is 18.8 Å². The zero-order chi connectivity index (χ0) is 21.6. The van der Waals surface area contributed by atoms with Crippen molar-refractivity contribution in [3.8, 4) is 5.75 Å². The topological polar surface area (TPSA) is 76.8 Å². The van der Waals surface area contributed by atoms with Gasteiger partial charge in [-0.15, -0.1) is 0 Å². The van der Waals surface area contributed by atoms with Gasteiger partial charge in [-0.3, -0.25) is 9.69 Å². The van der Waals surface area contributed by atoms with E-state index in [1.165, 1.54) is 0 Å². The van der Waals surface area contributed by atoms with Gasteiger partial charge in [-0.25, -0.2) is 0 Å². The number of hydrogen-bond acceptors (Lipinski definition) is 6. The maximum atomic E-state index is 12.9. The van der Waals surface area contributed by atoms with E-state index in [1.54, 1.807) is 31.2 Å². The zero-order valence-corrected chi connectivity index (χ0v) is 18.0. The predicted molar refractivity (Wildman–Crippen MR) is 118 cm³/mol. The van der Waals surface area contributed by atoms with Gasteiger partial charge in [-0.05, 0) is 48.9 Å². The fourth-order valence-corrected chi connectivity index (χ4v) is 3.51. The summed E-state index contributed by atoms with van der Waals surface area (Å²) >= 11 is 5.90. The molecule has 31 heavy (non-hydrogen) atoms. The number of carbonyl (C=O) groups excluding carboxylic acids is 1. The molecule has 3 aromatic rings. The molecule has 2 heterocycles. The van der Waals surface area contributed by atoms with Crippen molar-refractivity contribution >= 4 is 23.2 Å². The number of nitrogens with one attached hydrogen (secondary N) is 1. The van der Waals surface area contributed by atoms with Gasteiger partial charge in [-0.1, -0.05) is 28.9 Å². The normalized spacial score (nSPS) is 14.4. The summed E-state index contributed by atoms with van der Waals surface area (Å²) in [5, 5.41) is 7.49. The molecule has 4 rings (SSSR count). The van der Waals surface area contributed by atoms with Crippen molar-refractivity contribution in [3.63, 3.8) is 0 Å². The van der Waals surface area contributed by atoms with Gasteiger partial charge in [0.25, 0.3) is 5.91 Å². The van der Waals surface area contributed by atoms with Crippen LogP contribution in [0.2, 0.25) is 5.02 Å². The molecule has 1 fully saturated rings. The Balaban J connectivity index is 1.41. The Labute approximate surface area is 185 Å². The third-order valence-corrected chi connectivity index (χ3v) is 5.34. The molecular weight excluding hydrogens is 418 g/mol. The Morgan fingerprint density at radius 2 is 1.97 bits per heavy atom. The molecule has 0 saturated carbocycles. The van der Waals surface area contributed by atoms with Gasteiger partial charge in [-0.2, -0.15) is 0 Å². The van der Waals surface area contributed by atoms with Crippen LogP contribution in [0.4, 0.5) is 5.69 Å². The number of morpholine rings is 1. The molecule has 2 aromatic carbocycles. The highest BCUT2D eigenvalue weighted by Gasteiger charge is 2.21. The number of aryl methyl sites for hydroxylation is 1. The second-order valence-corrected chi connectivity index (χ2v) is 7.79. The largest absolute Gasteiger partial charge is 0.489 e. The predicted octanol–water partition coefficient (Wildman–Crippen LogP) is 4.30. The fraction of sp³-hybridized carbons (Fsp3) is 0.304. The molecule has 0 unspecified atom stereocenters. The summed E-state index contributed by atoms with van der Waals surface area (Å²) in [6.07, 6.45) is 0. The van der Waals surface area contributed by atoms with E-state index in [0.717, 1.165) is 38.4 Å². The fourth-order valence-electron chi connectivity index (χ4n) is 3.38. The van der Waals surface area contributed by atoms with E-state index in [-0.39, 0.29) is 18.2 Å². The molecule has 1 saturated heterocycles. The molecule has 1 amide bonds. The Morgan fingerprint density at radius 1 is 1.19 bits per heavy atom. The van der Waals surface area contributed by atoms with Crippen LogP contribution in [-0.2, 0) is 17.9 Å². The average Bonchev–Trinajstić information content (AvgIpc) is 3.15. The van der Waals surface area contributed by atoms with Crippen LogP contribution in [0, 0.1) is 6.92 Å². The third kappa shape index (κ3) is 5.64. The van der Waals surface area contributed by atoms with Crippen LogP contribution in [0.25, 0.3) is 0 Å². The molecule has 1 aromatic heterocycles. The molecule has 1 aliphatic heterocycles. The summed E-state index contributed by atoms with van der Waals surface area (Å²) in [6.45, 7) is 6.06. The lowest BCUT2D eigenvalue weighted by Crippen LogP contribution is -2.35. The molecule has 0 bridgehead atoms. The van der Waals surface area contributed by atoms with E-state index in [9.17, 15) is 4.79 Å². The summed E-state index contributed by atoms with van der Waals surface area (Å²) in [5.74, 6) is 0.849. The van der Waals surface area contributed by atoms with Crippen molar-refractivity contribution in [1.82, 2.24) is 10.1 Å². The van der Waals surface area contributed by atoms with Crippen molar-refractivity contribution in [3.05, 3.63) is 76.1 Å². The summed E-state index contributed by atoms with van der Waals surface area (Å²) < 4.78 is 16.4. The number of rotatable bonds is 7. The second kappa shape index (κ2) is 9.96. The molecule has 1 aliphatic rings. The molecule has 8 heteroatoms. The molecule has 7 nitrogen and oxygen atoms in total. The number of hydrogen-bond donors (Lipinski definition) is 1. The number of nitrogens with zero attached hydrogens (tertiary/aromatic N) is 2. The lowest BCUT2D eigenvalue weighted by Gasteiger charge is -2.26. The van der Waals surface area contributed by atoms with E-state index in [1.807, 2.05) is 18.2 Å². The SMILES string of the molecule is Cc1onc(C(=O)Nc2cccc(CN3CCOCC3)c2)c1COc1ccc(Cl)cc1. The highest BCUT2D eigenvalue weighted by molar-refractivity contribution is 6.30. The molecule has 1 N–H and O–H groups in total. The molecular formula is C23H24ClN3O4. The minimum Gasteiger partial charge on any atom is -0.489 e.